The van der Waals surface area contributed by atoms with Gasteiger partial charge in [-0.1, -0.05) is 13.8 Å². The quantitative estimate of drug-likeness (QED) is 0.446. The largest absolute Gasteiger partial charge is 0.469 e. The Morgan fingerprint density at radius 2 is 1.64 bits per heavy atom. The van der Waals surface area contributed by atoms with Gasteiger partial charge in [0.1, 0.15) is 0 Å². The number of rotatable bonds is 8. The number of methoxy groups -OCH3 is 1. The van der Waals surface area contributed by atoms with Crippen LogP contribution in [0.15, 0.2) is 0 Å². The second kappa shape index (κ2) is 8.97. The van der Waals surface area contributed by atoms with Crippen LogP contribution in [0.4, 0.5) is 0 Å². The molecule has 4 heteroatoms. The number of carbonyl (C=O) groups is 1. The molecule has 0 saturated heterocycles. The Morgan fingerprint density at radius 1 is 1.14 bits per heavy atom. The molecule has 0 N–H and O–H groups in total. The first-order valence-corrected chi connectivity index (χ1v) is 5.04. The molecule has 84 valence electrons. The number of hydrogen-bond acceptors (Lipinski definition) is 4. The zero-order valence-corrected chi connectivity index (χ0v) is 9.25. The third-order valence-electron chi connectivity index (χ3n) is 1.58. The summed E-state index contributed by atoms with van der Waals surface area (Å²) >= 11 is 0. The molecular weight excluding hydrogens is 184 g/mol. The van der Waals surface area contributed by atoms with Crippen molar-refractivity contribution in [1.29, 1.82) is 0 Å². The van der Waals surface area contributed by atoms with Crippen molar-refractivity contribution in [3.8, 4) is 0 Å². The van der Waals surface area contributed by atoms with Crippen LogP contribution in [0.2, 0.25) is 0 Å². The van der Waals surface area contributed by atoms with Gasteiger partial charge in [-0.3, -0.25) is 4.79 Å². The van der Waals surface area contributed by atoms with Crippen molar-refractivity contribution < 1.29 is 19.0 Å². The minimum atomic E-state index is -0.456. The van der Waals surface area contributed by atoms with Crippen molar-refractivity contribution in [3.05, 3.63) is 0 Å². The summed E-state index contributed by atoms with van der Waals surface area (Å²) in [7, 11) is 1.36. The Hall–Kier alpha value is -0.610. The monoisotopic (exact) mass is 204 g/mol. The molecule has 0 aromatic rings. The molecule has 0 aliphatic carbocycles. The maximum absolute atomic E-state index is 11.0. The minimum absolute atomic E-state index is 0.163. The fraction of sp³-hybridized carbons (Fsp3) is 0.900. The molecule has 0 fully saturated rings. The van der Waals surface area contributed by atoms with Gasteiger partial charge in [-0.2, -0.15) is 0 Å². The number of ether oxygens (including phenoxy) is 3. The Balaban J connectivity index is 3.77. The average Bonchev–Trinajstić information content (AvgIpc) is 2.21. The van der Waals surface area contributed by atoms with Crippen LogP contribution in [-0.4, -0.2) is 32.6 Å². The number of carbonyl (C=O) groups excluding carboxylic acids is 1. The maximum Gasteiger partial charge on any atom is 0.310 e. The van der Waals surface area contributed by atoms with Crippen LogP contribution >= 0.6 is 0 Å². The van der Waals surface area contributed by atoms with Gasteiger partial charge in [0.25, 0.3) is 0 Å². The average molecular weight is 204 g/mol. The lowest BCUT2D eigenvalue weighted by molar-refractivity contribution is -0.169. The van der Waals surface area contributed by atoms with Gasteiger partial charge in [0.2, 0.25) is 0 Å². The second-order valence-electron chi connectivity index (χ2n) is 2.95. The van der Waals surface area contributed by atoms with Crippen molar-refractivity contribution in [3.63, 3.8) is 0 Å². The van der Waals surface area contributed by atoms with E-state index in [2.05, 4.69) is 4.74 Å². The molecule has 4 nitrogen and oxygen atoms in total. The predicted molar refractivity (Wildman–Crippen MR) is 52.9 cm³/mol. The van der Waals surface area contributed by atoms with Gasteiger partial charge in [-0.05, 0) is 12.8 Å². The van der Waals surface area contributed by atoms with E-state index in [4.69, 9.17) is 9.47 Å². The van der Waals surface area contributed by atoms with Crippen molar-refractivity contribution in [1.82, 2.24) is 0 Å². The van der Waals surface area contributed by atoms with Gasteiger partial charge in [0.15, 0.2) is 6.29 Å². The van der Waals surface area contributed by atoms with Crippen molar-refractivity contribution in [2.45, 2.75) is 39.4 Å². The summed E-state index contributed by atoms with van der Waals surface area (Å²) in [6.45, 7) is 5.22. The number of esters is 1. The summed E-state index contributed by atoms with van der Waals surface area (Å²) in [6, 6.07) is 0. The zero-order valence-electron chi connectivity index (χ0n) is 9.25. The van der Waals surface area contributed by atoms with Gasteiger partial charge < -0.3 is 14.2 Å². The van der Waals surface area contributed by atoms with E-state index in [9.17, 15) is 4.79 Å². The molecule has 0 unspecified atom stereocenters. The van der Waals surface area contributed by atoms with E-state index >= 15 is 0 Å². The van der Waals surface area contributed by atoms with E-state index in [0.29, 0.717) is 13.2 Å². The lowest BCUT2D eigenvalue weighted by atomic mass is 10.4. The van der Waals surface area contributed by atoms with E-state index in [1.807, 2.05) is 13.8 Å². The molecule has 0 amide bonds. The summed E-state index contributed by atoms with van der Waals surface area (Å²) in [4.78, 5) is 11.0. The van der Waals surface area contributed by atoms with Crippen LogP contribution in [0, 0.1) is 0 Å². The SMILES string of the molecule is CCCOC(CC(=O)OC)OCCC. The lowest BCUT2D eigenvalue weighted by Gasteiger charge is -2.16. The summed E-state index contributed by atoms with van der Waals surface area (Å²) in [5.74, 6) is -0.304. The van der Waals surface area contributed by atoms with E-state index in [1.165, 1.54) is 7.11 Å². The topological polar surface area (TPSA) is 44.8 Å². The van der Waals surface area contributed by atoms with Gasteiger partial charge in [0.05, 0.1) is 13.5 Å². The smallest absolute Gasteiger partial charge is 0.310 e. The summed E-state index contributed by atoms with van der Waals surface area (Å²) in [5, 5.41) is 0. The molecule has 0 radical (unpaired) electrons. The zero-order chi connectivity index (χ0) is 10.8. The van der Waals surface area contributed by atoms with Crippen LogP contribution in [0.1, 0.15) is 33.1 Å². The Morgan fingerprint density at radius 3 is 2.00 bits per heavy atom. The highest BCUT2D eigenvalue weighted by atomic mass is 16.7. The molecular formula is C10H20O4. The molecule has 14 heavy (non-hydrogen) atoms. The second-order valence-corrected chi connectivity index (χ2v) is 2.95. The van der Waals surface area contributed by atoms with Gasteiger partial charge >= 0.3 is 5.97 Å². The standard InChI is InChI=1S/C10H20O4/c1-4-6-13-10(14-7-5-2)8-9(11)12-3/h10H,4-8H2,1-3H3. The molecule has 0 rings (SSSR count). The Bertz CT molecular complexity index is 139. The first-order valence-electron chi connectivity index (χ1n) is 5.04. The molecule has 0 saturated carbocycles. The maximum atomic E-state index is 11.0. The van der Waals surface area contributed by atoms with E-state index in [0.717, 1.165) is 12.8 Å². The summed E-state index contributed by atoms with van der Waals surface area (Å²) in [5.41, 5.74) is 0. The third-order valence-corrected chi connectivity index (χ3v) is 1.58. The molecule has 0 aliphatic heterocycles. The van der Waals surface area contributed by atoms with Crippen LogP contribution in [0.3, 0.4) is 0 Å². The Labute approximate surface area is 85.5 Å². The lowest BCUT2D eigenvalue weighted by Crippen LogP contribution is -2.22. The summed E-state index contributed by atoms with van der Waals surface area (Å²) in [6.07, 6.45) is 1.53. The molecule has 0 aromatic heterocycles. The Kier molecular flexibility index (Phi) is 8.57. The molecule has 0 bridgehead atoms. The molecule has 0 heterocycles. The number of hydrogen-bond donors (Lipinski definition) is 0. The van der Waals surface area contributed by atoms with E-state index in [-0.39, 0.29) is 12.4 Å². The van der Waals surface area contributed by atoms with Crippen molar-refractivity contribution >= 4 is 5.97 Å². The van der Waals surface area contributed by atoms with Crippen LogP contribution in [0.5, 0.6) is 0 Å². The molecule has 0 aliphatic rings. The fourth-order valence-electron chi connectivity index (χ4n) is 0.884. The van der Waals surface area contributed by atoms with E-state index in [1.54, 1.807) is 0 Å². The first kappa shape index (κ1) is 13.4. The van der Waals surface area contributed by atoms with Gasteiger partial charge in [-0.15, -0.1) is 0 Å². The first-order chi connectivity index (χ1) is 6.74. The highest BCUT2D eigenvalue weighted by Crippen LogP contribution is 2.04. The summed E-state index contributed by atoms with van der Waals surface area (Å²) < 4.78 is 15.2. The van der Waals surface area contributed by atoms with Crippen molar-refractivity contribution in [2.24, 2.45) is 0 Å². The molecule has 0 spiro atoms. The van der Waals surface area contributed by atoms with Gasteiger partial charge in [0, 0.05) is 13.2 Å². The highest BCUT2D eigenvalue weighted by molar-refractivity contribution is 5.69. The third kappa shape index (κ3) is 6.86. The fourth-order valence-corrected chi connectivity index (χ4v) is 0.884. The van der Waals surface area contributed by atoms with Crippen LogP contribution in [-0.2, 0) is 19.0 Å². The molecule has 0 aromatic carbocycles. The normalized spacial score (nSPS) is 10.6. The van der Waals surface area contributed by atoms with Crippen molar-refractivity contribution in [2.75, 3.05) is 20.3 Å². The van der Waals surface area contributed by atoms with Crippen LogP contribution < -0.4 is 0 Å². The highest BCUT2D eigenvalue weighted by Gasteiger charge is 2.14. The van der Waals surface area contributed by atoms with E-state index < -0.39 is 6.29 Å². The minimum Gasteiger partial charge on any atom is -0.469 e. The van der Waals surface area contributed by atoms with Gasteiger partial charge in [-0.25, -0.2) is 0 Å². The van der Waals surface area contributed by atoms with Crippen LogP contribution in [0.25, 0.3) is 0 Å². The predicted octanol–water partition coefficient (Wildman–Crippen LogP) is 1.73. The molecule has 0 atom stereocenters.